The van der Waals surface area contributed by atoms with Gasteiger partial charge in [0.15, 0.2) is 0 Å². The fraction of sp³-hybridized carbons (Fsp3) is 1.00. The van der Waals surface area contributed by atoms with Crippen molar-refractivity contribution < 1.29 is 0 Å². The maximum absolute atomic E-state index is 3.80. The first kappa shape index (κ1) is 5.93. The van der Waals surface area contributed by atoms with E-state index in [4.69, 9.17) is 0 Å². The zero-order chi connectivity index (χ0) is 6.81. The van der Waals surface area contributed by atoms with Crippen molar-refractivity contribution in [3.8, 4) is 0 Å². The van der Waals surface area contributed by atoms with Crippen LogP contribution < -0.4 is 10.5 Å². The highest BCUT2D eigenvalue weighted by Crippen LogP contribution is 2.03. The maximum Gasteiger partial charge on any atom is 0.291 e. The summed E-state index contributed by atoms with van der Waals surface area (Å²) in [4.78, 5) is 0. The van der Waals surface area contributed by atoms with E-state index in [1.807, 2.05) is 0 Å². The largest absolute Gasteiger partial charge is 0.321 e. The van der Waals surface area contributed by atoms with Gasteiger partial charge in [0, 0.05) is 0 Å². The Kier molecular flexibility index (Phi) is 1.44. The van der Waals surface area contributed by atoms with Crippen molar-refractivity contribution in [2.45, 2.75) is 12.5 Å². The SMILES string of the molecule is B(NC1CN=N1)NC1N=N1. The number of nitrogens with zero attached hydrogens (tertiary/aromatic N) is 4. The summed E-state index contributed by atoms with van der Waals surface area (Å²) < 4.78 is 0. The lowest BCUT2D eigenvalue weighted by atomic mass is 10.1. The average Bonchev–Trinajstić information content (AvgIpc) is 2.58. The van der Waals surface area contributed by atoms with E-state index >= 15 is 0 Å². The highest BCUT2D eigenvalue weighted by Gasteiger charge is 2.17. The summed E-state index contributed by atoms with van der Waals surface area (Å²) in [7, 11) is 0.696. The minimum atomic E-state index is 0.0320. The quantitative estimate of drug-likeness (QED) is 0.487. The molecule has 0 saturated carbocycles. The van der Waals surface area contributed by atoms with Gasteiger partial charge in [-0.2, -0.15) is 10.2 Å². The lowest BCUT2D eigenvalue weighted by Crippen LogP contribution is -2.44. The van der Waals surface area contributed by atoms with E-state index in [2.05, 4.69) is 30.9 Å². The highest BCUT2D eigenvalue weighted by atomic mass is 15.5. The van der Waals surface area contributed by atoms with Gasteiger partial charge in [-0.1, -0.05) is 0 Å². The zero-order valence-electron chi connectivity index (χ0n) is 5.36. The van der Waals surface area contributed by atoms with Crippen LogP contribution in [0.15, 0.2) is 20.5 Å². The zero-order valence-corrected chi connectivity index (χ0v) is 5.36. The van der Waals surface area contributed by atoms with Crippen molar-refractivity contribution in [2.75, 3.05) is 6.54 Å². The van der Waals surface area contributed by atoms with Gasteiger partial charge < -0.3 is 10.5 Å². The van der Waals surface area contributed by atoms with Gasteiger partial charge in [-0.15, -0.1) is 10.2 Å². The fourth-order valence-electron chi connectivity index (χ4n) is 0.652. The number of rotatable bonds is 4. The summed E-state index contributed by atoms with van der Waals surface area (Å²) in [5, 5.41) is 20.9. The molecule has 0 saturated heterocycles. The Morgan fingerprint density at radius 1 is 1.20 bits per heavy atom. The van der Waals surface area contributed by atoms with E-state index in [0.717, 1.165) is 6.54 Å². The summed E-state index contributed by atoms with van der Waals surface area (Å²) in [6, 6.07) is 0. The molecule has 1 atom stereocenters. The molecule has 2 N–H and O–H groups in total. The first-order valence-electron chi connectivity index (χ1n) is 3.18. The van der Waals surface area contributed by atoms with Gasteiger partial charge in [0.2, 0.25) is 6.29 Å². The minimum absolute atomic E-state index is 0.0320. The van der Waals surface area contributed by atoms with Gasteiger partial charge in [0.05, 0.1) is 6.54 Å². The van der Waals surface area contributed by atoms with E-state index in [-0.39, 0.29) is 12.5 Å². The van der Waals surface area contributed by atoms with E-state index in [1.165, 1.54) is 0 Å². The molecular formula is C3H7BN6. The van der Waals surface area contributed by atoms with Gasteiger partial charge in [0.25, 0.3) is 7.55 Å². The molecule has 0 aromatic heterocycles. The smallest absolute Gasteiger partial charge is 0.291 e. The molecule has 0 aromatic rings. The molecule has 1 unspecified atom stereocenters. The van der Waals surface area contributed by atoms with E-state index in [1.54, 1.807) is 0 Å². The van der Waals surface area contributed by atoms with Crippen molar-refractivity contribution in [1.82, 2.24) is 10.5 Å². The van der Waals surface area contributed by atoms with Gasteiger partial charge in [0.1, 0.15) is 6.17 Å². The number of hydrogen-bond acceptors (Lipinski definition) is 6. The Morgan fingerprint density at radius 3 is 2.50 bits per heavy atom. The van der Waals surface area contributed by atoms with Gasteiger partial charge in [-0.3, -0.25) is 0 Å². The van der Waals surface area contributed by atoms with Crippen molar-refractivity contribution in [3.05, 3.63) is 0 Å². The van der Waals surface area contributed by atoms with Crippen LogP contribution >= 0.6 is 0 Å². The van der Waals surface area contributed by atoms with Gasteiger partial charge in [-0.05, 0) is 0 Å². The predicted octanol–water partition coefficient (Wildman–Crippen LogP) is -1.03. The third kappa shape index (κ3) is 1.37. The topological polar surface area (TPSA) is 73.5 Å². The van der Waals surface area contributed by atoms with Crippen molar-refractivity contribution in [3.63, 3.8) is 0 Å². The minimum Gasteiger partial charge on any atom is -0.321 e. The molecule has 7 heteroatoms. The maximum atomic E-state index is 3.80. The van der Waals surface area contributed by atoms with Crippen LogP contribution in [0.25, 0.3) is 0 Å². The molecule has 0 bridgehead atoms. The second-order valence-corrected chi connectivity index (χ2v) is 2.14. The summed E-state index contributed by atoms with van der Waals surface area (Å²) in [5.41, 5.74) is 0. The molecule has 0 amide bonds. The Morgan fingerprint density at radius 2 is 2.00 bits per heavy atom. The summed E-state index contributed by atoms with van der Waals surface area (Å²) in [5.74, 6) is 0. The molecule has 0 spiro atoms. The lowest BCUT2D eigenvalue weighted by molar-refractivity contribution is 0.513. The molecule has 6 nitrogen and oxygen atoms in total. The average molecular weight is 138 g/mol. The molecule has 10 heavy (non-hydrogen) atoms. The van der Waals surface area contributed by atoms with E-state index in [9.17, 15) is 0 Å². The molecule has 0 fully saturated rings. The van der Waals surface area contributed by atoms with Gasteiger partial charge in [-0.25, -0.2) is 0 Å². The summed E-state index contributed by atoms with van der Waals surface area (Å²) >= 11 is 0. The lowest BCUT2D eigenvalue weighted by Gasteiger charge is -2.15. The third-order valence-corrected chi connectivity index (χ3v) is 1.33. The number of azo groups is 1. The number of nitrogens with one attached hydrogen (secondary N) is 2. The second kappa shape index (κ2) is 2.43. The molecule has 2 heterocycles. The van der Waals surface area contributed by atoms with Crippen molar-refractivity contribution in [2.24, 2.45) is 20.5 Å². The molecule has 0 aromatic carbocycles. The Labute approximate surface area is 58.5 Å². The standard InChI is InChI=1S/C3H7BN6/c1-2(8-5-1)6-4-7-3-9-10-3/h2-4,6-7H,1H2. The van der Waals surface area contributed by atoms with Crippen LogP contribution in [0.3, 0.4) is 0 Å². The number of hydrogen-bond donors (Lipinski definition) is 2. The first-order valence-corrected chi connectivity index (χ1v) is 3.18. The molecule has 2 aliphatic rings. The van der Waals surface area contributed by atoms with Crippen LogP contribution in [-0.4, -0.2) is 26.5 Å². The summed E-state index contributed by atoms with van der Waals surface area (Å²) in [6.07, 6.45) is 0.246. The van der Waals surface area contributed by atoms with Crippen LogP contribution in [0, 0.1) is 0 Å². The van der Waals surface area contributed by atoms with Crippen LogP contribution in [0.2, 0.25) is 0 Å². The van der Waals surface area contributed by atoms with Crippen LogP contribution in [0.5, 0.6) is 0 Å². The second-order valence-electron chi connectivity index (χ2n) is 2.14. The van der Waals surface area contributed by atoms with Crippen molar-refractivity contribution >= 4 is 7.55 Å². The van der Waals surface area contributed by atoms with Crippen LogP contribution in [0.1, 0.15) is 0 Å². The Balaban J connectivity index is 1.51. The molecule has 0 radical (unpaired) electrons. The first-order chi connectivity index (χ1) is 4.95. The third-order valence-electron chi connectivity index (χ3n) is 1.33. The molecule has 52 valence electrons. The van der Waals surface area contributed by atoms with Crippen molar-refractivity contribution in [1.29, 1.82) is 0 Å². The Bertz CT molecular complexity index is 172. The van der Waals surface area contributed by atoms with Crippen LogP contribution in [-0.2, 0) is 0 Å². The predicted molar refractivity (Wildman–Crippen MR) is 35.6 cm³/mol. The van der Waals surface area contributed by atoms with E-state index < -0.39 is 0 Å². The summed E-state index contributed by atoms with van der Waals surface area (Å²) in [6.45, 7) is 0.792. The van der Waals surface area contributed by atoms with Gasteiger partial charge >= 0.3 is 0 Å². The molecular weight excluding hydrogens is 131 g/mol. The Hall–Kier alpha value is -0.815. The highest BCUT2D eigenvalue weighted by molar-refractivity contribution is 6.29. The molecule has 0 aliphatic carbocycles. The molecule has 2 aliphatic heterocycles. The monoisotopic (exact) mass is 138 g/mol. The van der Waals surface area contributed by atoms with E-state index in [0.29, 0.717) is 7.55 Å². The molecule has 2 rings (SSSR count). The fourth-order valence-corrected chi connectivity index (χ4v) is 0.652. The van der Waals surface area contributed by atoms with Crippen LogP contribution in [0.4, 0.5) is 0 Å². The normalized spacial score (nSPS) is 28.2.